The molecule has 0 unspecified atom stereocenters. The molecule has 2 bridgehead atoms. The Kier molecular flexibility index (Phi) is 2.57. The van der Waals surface area contributed by atoms with Gasteiger partial charge in [-0.2, -0.15) is 0 Å². The van der Waals surface area contributed by atoms with Gasteiger partial charge in [0.15, 0.2) is 5.78 Å². The van der Waals surface area contributed by atoms with Gasteiger partial charge in [-0.05, 0) is 24.7 Å². The van der Waals surface area contributed by atoms with E-state index >= 15 is 0 Å². The van der Waals surface area contributed by atoms with Crippen molar-refractivity contribution < 1.29 is 19.4 Å². The minimum atomic E-state index is -1.00. The van der Waals surface area contributed by atoms with E-state index in [9.17, 15) is 14.7 Å². The topological polar surface area (TPSA) is 63.6 Å². The highest BCUT2D eigenvalue weighted by atomic mass is 16.5. The van der Waals surface area contributed by atoms with E-state index in [1.807, 2.05) is 13.8 Å². The number of aliphatic hydroxyl groups excluding tert-OH is 1. The molecular formula is C12H18O4. The van der Waals surface area contributed by atoms with E-state index in [-0.39, 0.29) is 23.5 Å². The van der Waals surface area contributed by atoms with Crippen molar-refractivity contribution in [3.63, 3.8) is 0 Å². The predicted octanol–water partition coefficient (Wildman–Crippen LogP) is 0.772. The molecule has 0 aromatic heterocycles. The largest absolute Gasteiger partial charge is 0.468 e. The molecule has 2 fully saturated rings. The van der Waals surface area contributed by atoms with E-state index in [1.165, 1.54) is 7.11 Å². The lowest BCUT2D eigenvalue weighted by Gasteiger charge is -2.39. The van der Waals surface area contributed by atoms with Gasteiger partial charge in [-0.15, -0.1) is 0 Å². The zero-order valence-corrected chi connectivity index (χ0v) is 9.90. The molecule has 0 aromatic carbocycles. The quantitative estimate of drug-likeness (QED) is 0.530. The summed E-state index contributed by atoms with van der Waals surface area (Å²) < 4.78 is 4.82. The van der Waals surface area contributed by atoms with Gasteiger partial charge in [-0.1, -0.05) is 13.8 Å². The third-order valence-electron chi connectivity index (χ3n) is 4.49. The number of carbonyl (C=O) groups is 2. The SMILES string of the molecule is COC(=O)[C@@]12C(=O)[C@@H](C[C@H]1C)[C@H](O)C[C@@H]2C. The van der Waals surface area contributed by atoms with Gasteiger partial charge in [0.25, 0.3) is 0 Å². The van der Waals surface area contributed by atoms with E-state index in [1.54, 1.807) is 0 Å². The van der Waals surface area contributed by atoms with Gasteiger partial charge >= 0.3 is 5.97 Å². The summed E-state index contributed by atoms with van der Waals surface area (Å²) in [7, 11) is 1.32. The molecule has 4 nitrogen and oxygen atoms in total. The lowest BCUT2D eigenvalue weighted by Crippen LogP contribution is -2.52. The average molecular weight is 226 g/mol. The van der Waals surface area contributed by atoms with Crippen molar-refractivity contribution in [1.82, 2.24) is 0 Å². The van der Waals surface area contributed by atoms with Crippen molar-refractivity contribution in [2.24, 2.45) is 23.2 Å². The van der Waals surface area contributed by atoms with Gasteiger partial charge in [0.2, 0.25) is 0 Å². The number of fused-ring (bicyclic) bond motifs is 2. The molecule has 0 amide bonds. The first-order chi connectivity index (χ1) is 7.46. The molecule has 1 N–H and O–H groups in total. The van der Waals surface area contributed by atoms with Gasteiger partial charge < -0.3 is 9.84 Å². The number of hydrogen-bond acceptors (Lipinski definition) is 4. The Balaban J connectivity index is 2.48. The van der Waals surface area contributed by atoms with E-state index in [2.05, 4.69) is 0 Å². The summed E-state index contributed by atoms with van der Waals surface area (Å²) in [5, 5.41) is 9.85. The standard InChI is InChI=1S/C12H18O4/c1-6-4-8-9(13)5-7(2)12(6,10(8)14)11(15)16-3/h6-9,13H,4-5H2,1-3H3/t6-,7+,8+,9-,12+/m1/s1. The number of aliphatic hydroxyl groups is 1. The number of esters is 1. The average Bonchev–Trinajstić information content (AvgIpc) is 2.44. The fourth-order valence-electron chi connectivity index (χ4n) is 3.67. The van der Waals surface area contributed by atoms with Crippen LogP contribution in [0.1, 0.15) is 26.7 Å². The van der Waals surface area contributed by atoms with Crippen LogP contribution >= 0.6 is 0 Å². The van der Waals surface area contributed by atoms with Crippen LogP contribution in [0.25, 0.3) is 0 Å². The number of rotatable bonds is 1. The summed E-state index contributed by atoms with van der Waals surface area (Å²) in [4.78, 5) is 24.2. The molecule has 0 saturated heterocycles. The van der Waals surface area contributed by atoms with Crippen LogP contribution in [0.3, 0.4) is 0 Å². The zero-order valence-electron chi connectivity index (χ0n) is 9.90. The summed E-state index contributed by atoms with van der Waals surface area (Å²) >= 11 is 0. The summed E-state index contributed by atoms with van der Waals surface area (Å²) in [5.74, 6) is -1.09. The van der Waals surface area contributed by atoms with Crippen molar-refractivity contribution in [3.8, 4) is 0 Å². The molecule has 0 aliphatic heterocycles. The second-order valence-electron chi connectivity index (χ2n) is 5.17. The summed E-state index contributed by atoms with van der Waals surface area (Å²) in [5.41, 5.74) is -1.00. The number of Topliss-reactive ketones (excluding diaryl/α,β-unsaturated/α-hetero) is 1. The van der Waals surface area contributed by atoms with Gasteiger partial charge in [-0.25, -0.2) is 0 Å². The predicted molar refractivity (Wildman–Crippen MR) is 56.5 cm³/mol. The number of ether oxygens (including phenoxy) is 1. The highest BCUT2D eigenvalue weighted by Crippen LogP contribution is 2.55. The third kappa shape index (κ3) is 1.14. The number of methoxy groups -OCH3 is 1. The highest BCUT2D eigenvalue weighted by Gasteiger charge is 2.65. The minimum absolute atomic E-state index is 0.0374. The van der Waals surface area contributed by atoms with E-state index < -0.39 is 17.5 Å². The molecule has 4 heteroatoms. The molecule has 2 aliphatic rings. The van der Waals surface area contributed by atoms with Crippen LogP contribution in [0, 0.1) is 23.2 Å². The molecular weight excluding hydrogens is 208 g/mol. The molecule has 2 rings (SSSR count). The fourth-order valence-corrected chi connectivity index (χ4v) is 3.67. The Morgan fingerprint density at radius 1 is 1.38 bits per heavy atom. The maximum Gasteiger partial charge on any atom is 0.319 e. The summed E-state index contributed by atoms with van der Waals surface area (Å²) in [6.07, 6.45) is 0.514. The monoisotopic (exact) mass is 226 g/mol. The first-order valence-electron chi connectivity index (χ1n) is 5.77. The van der Waals surface area contributed by atoms with Crippen LogP contribution in [0.5, 0.6) is 0 Å². The minimum Gasteiger partial charge on any atom is -0.468 e. The Labute approximate surface area is 95.0 Å². The number of hydrogen-bond donors (Lipinski definition) is 1. The van der Waals surface area contributed by atoms with E-state index in [0.717, 1.165) is 0 Å². The molecule has 2 aliphatic carbocycles. The number of ketones is 1. The Morgan fingerprint density at radius 2 is 1.94 bits per heavy atom. The van der Waals surface area contributed by atoms with Crippen LogP contribution in [0.4, 0.5) is 0 Å². The molecule has 0 spiro atoms. The summed E-state index contributed by atoms with van der Waals surface area (Å²) in [6.45, 7) is 3.76. The van der Waals surface area contributed by atoms with Crippen molar-refractivity contribution in [2.45, 2.75) is 32.8 Å². The van der Waals surface area contributed by atoms with Gasteiger partial charge in [0.1, 0.15) is 5.41 Å². The van der Waals surface area contributed by atoms with Crippen LogP contribution in [-0.2, 0) is 14.3 Å². The van der Waals surface area contributed by atoms with Crippen LogP contribution in [0.2, 0.25) is 0 Å². The Morgan fingerprint density at radius 3 is 2.50 bits per heavy atom. The molecule has 90 valence electrons. The van der Waals surface area contributed by atoms with Gasteiger partial charge in [0.05, 0.1) is 13.2 Å². The van der Waals surface area contributed by atoms with E-state index in [0.29, 0.717) is 12.8 Å². The highest BCUT2D eigenvalue weighted by molar-refractivity contribution is 6.08. The Bertz CT molecular complexity index is 338. The van der Waals surface area contributed by atoms with Gasteiger partial charge in [0, 0.05) is 5.92 Å². The second kappa shape index (κ2) is 3.55. The maximum absolute atomic E-state index is 12.3. The molecule has 16 heavy (non-hydrogen) atoms. The smallest absolute Gasteiger partial charge is 0.319 e. The van der Waals surface area contributed by atoms with Crippen molar-refractivity contribution in [1.29, 1.82) is 0 Å². The first-order valence-corrected chi connectivity index (χ1v) is 5.77. The van der Waals surface area contributed by atoms with Crippen LogP contribution in [-0.4, -0.2) is 30.1 Å². The third-order valence-corrected chi connectivity index (χ3v) is 4.49. The van der Waals surface area contributed by atoms with Crippen LogP contribution < -0.4 is 0 Å². The first kappa shape index (κ1) is 11.6. The number of carbonyl (C=O) groups excluding carboxylic acids is 2. The summed E-state index contributed by atoms with van der Waals surface area (Å²) in [6, 6.07) is 0. The fraction of sp³-hybridized carbons (Fsp3) is 0.833. The molecule has 5 atom stereocenters. The maximum atomic E-state index is 12.3. The van der Waals surface area contributed by atoms with Gasteiger partial charge in [-0.3, -0.25) is 9.59 Å². The van der Waals surface area contributed by atoms with Crippen LogP contribution in [0.15, 0.2) is 0 Å². The Hall–Kier alpha value is -0.900. The molecule has 2 saturated carbocycles. The normalized spacial score (nSPS) is 46.9. The molecule has 0 heterocycles. The van der Waals surface area contributed by atoms with Crippen molar-refractivity contribution in [3.05, 3.63) is 0 Å². The lowest BCUT2D eigenvalue weighted by atomic mass is 9.63. The lowest BCUT2D eigenvalue weighted by molar-refractivity contribution is -0.167. The second-order valence-corrected chi connectivity index (χ2v) is 5.17. The molecule has 0 aromatic rings. The zero-order chi connectivity index (χ0) is 12.1. The van der Waals surface area contributed by atoms with E-state index in [4.69, 9.17) is 4.74 Å². The van der Waals surface area contributed by atoms with Crippen molar-refractivity contribution >= 4 is 11.8 Å². The van der Waals surface area contributed by atoms with Crippen molar-refractivity contribution in [2.75, 3.05) is 7.11 Å². The molecule has 0 radical (unpaired) electrons.